The van der Waals surface area contributed by atoms with Crippen LogP contribution < -0.4 is 9.47 Å². The van der Waals surface area contributed by atoms with Gasteiger partial charge in [-0.05, 0) is 37.6 Å². The number of nitriles is 1. The highest BCUT2D eigenvalue weighted by atomic mass is 32.1. The molecule has 136 valence electrons. The predicted molar refractivity (Wildman–Crippen MR) is 110 cm³/mol. The largest absolute Gasteiger partial charge is 0.490 e. The lowest BCUT2D eigenvalue weighted by atomic mass is 10.1. The van der Waals surface area contributed by atoms with Crippen molar-refractivity contribution in [1.29, 1.82) is 5.26 Å². The van der Waals surface area contributed by atoms with Gasteiger partial charge in [0.05, 0.1) is 24.5 Å². The molecule has 0 unspecified atom stereocenters. The smallest absolute Gasteiger partial charge is 0.161 e. The van der Waals surface area contributed by atoms with Crippen molar-refractivity contribution in [1.82, 2.24) is 4.98 Å². The van der Waals surface area contributed by atoms with Gasteiger partial charge >= 0.3 is 0 Å². The van der Waals surface area contributed by atoms with Crippen LogP contribution in [0.5, 0.6) is 11.5 Å². The van der Waals surface area contributed by atoms with Crippen LogP contribution in [0.1, 0.15) is 24.4 Å². The Morgan fingerprint density at radius 2 is 1.81 bits per heavy atom. The lowest BCUT2D eigenvalue weighted by Gasteiger charge is -2.11. The van der Waals surface area contributed by atoms with Crippen LogP contribution in [-0.4, -0.2) is 18.2 Å². The zero-order chi connectivity index (χ0) is 19.1. The molecule has 0 fully saturated rings. The van der Waals surface area contributed by atoms with Gasteiger partial charge in [-0.3, -0.25) is 0 Å². The number of hydrogen-bond donors (Lipinski definition) is 0. The van der Waals surface area contributed by atoms with Gasteiger partial charge in [-0.2, -0.15) is 5.26 Å². The molecule has 0 radical (unpaired) electrons. The highest BCUT2D eigenvalue weighted by Crippen LogP contribution is 2.31. The van der Waals surface area contributed by atoms with Gasteiger partial charge in [-0.1, -0.05) is 36.4 Å². The number of aromatic nitrogens is 1. The molecule has 0 bridgehead atoms. The molecule has 2 aromatic carbocycles. The quantitative estimate of drug-likeness (QED) is 0.498. The monoisotopic (exact) mass is 376 g/mol. The topological polar surface area (TPSA) is 55.1 Å². The van der Waals surface area contributed by atoms with E-state index >= 15 is 0 Å². The fourth-order valence-electron chi connectivity index (χ4n) is 2.60. The Morgan fingerprint density at radius 1 is 1.07 bits per heavy atom. The molecule has 0 aliphatic rings. The van der Waals surface area contributed by atoms with E-state index in [9.17, 15) is 5.26 Å². The molecule has 3 aromatic rings. The van der Waals surface area contributed by atoms with Crippen molar-refractivity contribution >= 4 is 23.0 Å². The minimum absolute atomic E-state index is 0.522. The average molecular weight is 376 g/mol. The van der Waals surface area contributed by atoms with Crippen LogP contribution in [0.2, 0.25) is 0 Å². The molecule has 0 aliphatic heterocycles. The Hall–Kier alpha value is -3.10. The number of benzene rings is 2. The van der Waals surface area contributed by atoms with Gasteiger partial charge in [-0.15, -0.1) is 11.3 Å². The zero-order valence-corrected chi connectivity index (χ0v) is 16.1. The molecule has 3 rings (SSSR count). The molecule has 0 saturated carbocycles. The van der Waals surface area contributed by atoms with E-state index in [2.05, 4.69) is 11.1 Å². The molecule has 5 heteroatoms. The third-order valence-corrected chi connectivity index (χ3v) is 4.68. The van der Waals surface area contributed by atoms with E-state index in [0.29, 0.717) is 35.3 Å². The van der Waals surface area contributed by atoms with Gasteiger partial charge < -0.3 is 9.47 Å². The van der Waals surface area contributed by atoms with Crippen molar-refractivity contribution in [2.24, 2.45) is 0 Å². The second kappa shape index (κ2) is 9.02. The van der Waals surface area contributed by atoms with Crippen LogP contribution in [0.25, 0.3) is 22.9 Å². The van der Waals surface area contributed by atoms with Crippen LogP contribution in [0.3, 0.4) is 0 Å². The maximum absolute atomic E-state index is 9.62. The summed E-state index contributed by atoms with van der Waals surface area (Å²) in [4.78, 5) is 4.63. The lowest BCUT2D eigenvalue weighted by Crippen LogP contribution is -1.98. The fraction of sp³-hybridized carbons (Fsp3) is 0.182. The van der Waals surface area contributed by atoms with Crippen molar-refractivity contribution in [3.63, 3.8) is 0 Å². The Morgan fingerprint density at radius 3 is 2.52 bits per heavy atom. The summed E-state index contributed by atoms with van der Waals surface area (Å²) in [6.45, 7) is 4.98. The highest BCUT2D eigenvalue weighted by Gasteiger charge is 2.10. The van der Waals surface area contributed by atoms with Crippen molar-refractivity contribution in [2.75, 3.05) is 13.2 Å². The first-order valence-corrected chi connectivity index (χ1v) is 9.65. The number of hydrogen-bond acceptors (Lipinski definition) is 5. The van der Waals surface area contributed by atoms with Crippen molar-refractivity contribution in [3.05, 3.63) is 64.5 Å². The van der Waals surface area contributed by atoms with Crippen LogP contribution >= 0.6 is 11.3 Å². The van der Waals surface area contributed by atoms with Gasteiger partial charge in [0, 0.05) is 10.9 Å². The molecular weight excluding hydrogens is 356 g/mol. The second-order valence-corrected chi connectivity index (χ2v) is 6.50. The summed E-state index contributed by atoms with van der Waals surface area (Å²) in [5.74, 6) is 1.38. The number of ether oxygens (including phenoxy) is 2. The summed E-state index contributed by atoms with van der Waals surface area (Å²) in [5.41, 5.74) is 3.30. The first kappa shape index (κ1) is 18.7. The fourth-order valence-corrected chi connectivity index (χ4v) is 3.40. The third-order valence-electron chi connectivity index (χ3n) is 3.80. The van der Waals surface area contributed by atoms with Crippen LogP contribution in [0.15, 0.2) is 53.9 Å². The molecule has 0 N–H and O–H groups in total. The Labute approximate surface area is 163 Å². The van der Waals surface area contributed by atoms with Crippen LogP contribution in [0.4, 0.5) is 0 Å². The Bertz CT molecular complexity index is 971. The number of nitrogens with zero attached hydrogens (tertiary/aromatic N) is 2. The molecule has 0 aliphatic carbocycles. The molecular formula is C22H20N2O2S. The molecule has 0 spiro atoms. The third kappa shape index (κ3) is 4.55. The summed E-state index contributed by atoms with van der Waals surface area (Å²) < 4.78 is 11.3. The van der Waals surface area contributed by atoms with E-state index in [0.717, 1.165) is 16.8 Å². The normalized spacial score (nSPS) is 11.1. The SMILES string of the molecule is CCOc1ccc(/C=C(/C#N)c2nc(-c3ccccc3)cs2)cc1OCC. The summed E-state index contributed by atoms with van der Waals surface area (Å²) >= 11 is 1.46. The van der Waals surface area contributed by atoms with Crippen molar-refractivity contribution in [2.45, 2.75) is 13.8 Å². The summed E-state index contributed by atoms with van der Waals surface area (Å²) in [6, 6.07) is 17.9. The highest BCUT2D eigenvalue weighted by molar-refractivity contribution is 7.11. The lowest BCUT2D eigenvalue weighted by molar-refractivity contribution is 0.287. The standard InChI is InChI=1S/C22H20N2O2S/c1-3-25-20-11-10-16(13-21(20)26-4-2)12-18(14-23)22-24-19(15-27-22)17-8-6-5-7-9-17/h5-13,15H,3-4H2,1-2H3/b18-12-. The van der Waals surface area contributed by atoms with Crippen molar-refractivity contribution < 1.29 is 9.47 Å². The summed E-state index contributed by atoms with van der Waals surface area (Å²) in [6.07, 6.45) is 1.83. The maximum atomic E-state index is 9.62. The maximum Gasteiger partial charge on any atom is 0.161 e. The van der Waals surface area contributed by atoms with E-state index in [-0.39, 0.29) is 0 Å². The molecule has 4 nitrogen and oxygen atoms in total. The van der Waals surface area contributed by atoms with Gasteiger partial charge in [0.25, 0.3) is 0 Å². The van der Waals surface area contributed by atoms with Gasteiger partial charge in [0.1, 0.15) is 11.1 Å². The average Bonchev–Trinajstić information content (AvgIpc) is 3.19. The van der Waals surface area contributed by atoms with Crippen molar-refractivity contribution in [3.8, 4) is 28.8 Å². The number of thiazole rings is 1. The molecule has 1 heterocycles. The van der Waals surface area contributed by atoms with Gasteiger partial charge in [0.2, 0.25) is 0 Å². The minimum Gasteiger partial charge on any atom is -0.490 e. The molecule has 0 amide bonds. The minimum atomic E-state index is 0.522. The Kier molecular flexibility index (Phi) is 6.24. The van der Waals surface area contributed by atoms with E-state index in [1.54, 1.807) is 0 Å². The molecule has 0 atom stereocenters. The molecule has 1 aromatic heterocycles. The van der Waals surface area contributed by atoms with Gasteiger partial charge in [-0.25, -0.2) is 4.98 Å². The predicted octanol–water partition coefficient (Wildman–Crippen LogP) is 5.67. The summed E-state index contributed by atoms with van der Waals surface area (Å²) in [7, 11) is 0. The Balaban J connectivity index is 1.92. The zero-order valence-electron chi connectivity index (χ0n) is 15.3. The molecule has 0 saturated heterocycles. The second-order valence-electron chi connectivity index (χ2n) is 5.65. The van der Waals surface area contributed by atoms with Crippen LogP contribution in [-0.2, 0) is 0 Å². The van der Waals surface area contributed by atoms with E-state index in [4.69, 9.17) is 9.47 Å². The number of rotatable bonds is 7. The van der Waals surface area contributed by atoms with Gasteiger partial charge in [0.15, 0.2) is 11.5 Å². The molecule has 27 heavy (non-hydrogen) atoms. The first-order valence-electron chi connectivity index (χ1n) is 8.78. The van der Waals surface area contributed by atoms with Crippen LogP contribution in [0, 0.1) is 11.3 Å². The summed E-state index contributed by atoms with van der Waals surface area (Å²) in [5, 5.41) is 12.3. The number of allylic oxidation sites excluding steroid dienone is 1. The first-order chi connectivity index (χ1) is 13.2. The van der Waals surface area contributed by atoms with E-state index in [1.807, 2.05) is 73.8 Å². The van der Waals surface area contributed by atoms with E-state index < -0.39 is 0 Å². The van der Waals surface area contributed by atoms with E-state index in [1.165, 1.54) is 11.3 Å².